The monoisotopic (exact) mass is 486 g/mol. The van der Waals surface area contributed by atoms with Crippen LogP contribution in [0, 0.1) is 6.92 Å². The van der Waals surface area contributed by atoms with Crippen molar-refractivity contribution in [3.05, 3.63) is 127 Å². The van der Waals surface area contributed by atoms with Crippen LogP contribution in [-0.4, -0.2) is 6.71 Å². The molecule has 0 spiro atoms. The Morgan fingerprint density at radius 1 is 0.474 bits per heavy atom. The Hall–Kier alpha value is -4.76. The molecule has 0 atom stereocenters. The Bertz CT molecular complexity index is 1830. The number of para-hydroxylation sites is 2. The van der Waals surface area contributed by atoms with Crippen LogP contribution in [0.5, 0.6) is 23.0 Å². The molecule has 38 heavy (non-hydrogen) atoms. The van der Waals surface area contributed by atoms with Gasteiger partial charge in [-0.2, -0.15) is 0 Å². The summed E-state index contributed by atoms with van der Waals surface area (Å²) in [4.78, 5) is 0. The van der Waals surface area contributed by atoms with Crippen molar-refractivity contribution in [1.29, 1.82) is 0 Å². The lowest BCUT2D eigenvalue weighted by molar-refractivity contribution is 0.465. The Labute approximate surface area is 222 Å². The van der Waals surface area contributed by atoms with Crippen LogP contribution in [-0.2, 0) is 0 Å². The van der Waals surface area contributed by atoms with Crippen molar-refractivity contribution in [3.8, 4) is 45.3 Å². The number of rotatable bonds is 2. The van der Waals surface area contributed by atoms with Gasteiger partial charge in [0.05, 0.1) is 0 Å². The standard InChI is InChI=1S/C35H23BO2/c1-22-10-2-3-11-24(22)28-19-18-25(26-12-4-5-13-27(26)28)23-20-33-35-34(21-23)38-32-17-9-7-15-30(32)36(35)29-14-6-8-16-31(29)37-33/h2-21H,1H3. The lowest BCUT2D eigenvalue weighted by Crippen LogP contribution is -2.57. The quantitative estimate of drug-likeness (QED) is 0.241. The van der Waals surface area contributed by atoms with Crippen LogP contribution in [0.4, 0.5) is 0 Å². The molecule has 8 rings (SSSR count). The molecule has 0 saturated heterocycles. The fourth-order valence-corrected chi connectivity index (χ4v) is 6.21. The van der Waals surface area contributed by atoms with E-state index in [-0.39, 0.29) is 6.71 Å². The second kappa shape index (κ2) is 8.12. The molecule has 0 fully saturated rings. The minimum Gasteiger partial charge on any atom is -0.458 e. The zero-order valence-electron chi connectivity index (χ0n) is 20.9. The summed E-state index contributed by atoms with van der Waals surface area (Å²) in [7, 11) is 0. The number of hydrogen-bond acceptors (Lipinski definition) is 2. The maximum atomic E-state index is 6.54. The number of fused-ring (bicyclic) bond motifs is 5. The lowest BCUT2D eigenvalue weighted by Gasteiger charge is -2.33. The van der Waals surface area contributed by atoms with Gasteiger partial charge in [-0.1, -0.05) is 97.1 Å². The summed E-state index contributed by atoms with van der Waals surface area (Å²) >= 11 is 0. The van der Waals surface area contributed by atoms with Gasteiger partial charge in [-0.15, -0.1) is 0 Å². The molecule has 2 heterocycles. The zero-order valence-corrected chi connectivity index (χ0v) is 20.9. The van der Waals surface area contributed by atoms with E-state index in [1.54, 1.807) is 0 Å². The maximum absolute atomic E-state index is 6.54. The fourth-order valence-electron chi connectivity index (χ4n) is 6.21. The van der Waals surface area contributed by atoms with E-state index in [9.17, 15) is 0 Å². The smallest absolute Gasteiger partial charge is 0.260 e. The molecule has 0 radical (unpaired) electrons. The molecule has 0 aromatic heterocycles. The van der Waals surface area contributed by atoms with E-state index in [0.717, 1.165) is 34.0 Å². The maximum Gasteiger partial charge on any atom is 0.260 e. The Morgan fingerprint density at radius 2 is 1.00 bits per heavy atom. The molecule has 2 aliphatic rings. The van der Waals surface area contributed by atoms with E-state index < -0.39 is 0 Å². The third kappa shape index (κ3) is 3.09. The Morgan fingerprint density at radius 3 is 1.66 bits per heavy atom. The van der Waals surface area contributed by atoms with Crippen LogP contribution in [0.1, 0.15) is 5.56 Å². The molecule has 0 amide bonds. The van der Waals surface area contributed by atoms with Crippen molar-refractivity contribution in [2.75, 3.05) is 0 Å². The summed E-state index contributed by atoms with van der Waals surface area (Å²) in [5.74, 6) is 3.54. The molecule has 2 aliphatic heterocycles. The van der Waals surface area contributed by atoms with Gasteiger partial charge >= 0.3 is 0 Å². The third-order valence-electron chi connectivity index (χ3n) is 7.96. The summed E-state index contributed by atoms with van der Waals surface area (Å²) in [5.41, 5.74) is 9.49. The zero-order chi connectivity index (χ0) is 25.2. The lowest BCUT2D eigenvalue weighted by atomic mass is 9.35. The highest BCUT2D eigenvalue weighted by Crippen LogP contribution is 2.41. The summed E-state index contributed by atoms with van der Waals surface area (Å²) in [5, 5.41) is 2.45. The summed E-state index contributed by atoms with van der Waals surface area (Å²) in [6, 6.07) is 42.8. The molecule has 0 unspecified atom stereocenters. The van der Waals surface area contributed by atoms with Gasteiger partial charge in [-0.3, -0.25) is 0 Å². The van der Waals surface area contributed by atoms with Crippen molar-refractivity contribution < 1.29 is 9.47 Å². The van der Waals surface area contributed by atoms with Crippen molar-refractivity contribution >= 4 is 33.9 Å². The van der Waals surface area contributed by atoms with E-state index in [0.29, 0.717) is 0 Å². The summed E-state index contributed by atoms with van der Waals surface area (Å²) in [6.07, 6.45) is 0. The molecule has 0 aliphatic carbocycles. The molecular formula is C35H23BO2. The highest BCUT2D eigenvalue weighted by atomic mass is 16.5. The van der Waals surface area contributed by atoms with Gasteiger partial charge in [0, 0.05) is 5.46 Å². The minimum absolute atomic E-state index is 0.0872. The highest BCUT2D eigenvalue weighted by Gasteiger charge is 2.40. The topological polar surface area (TPSA) is 18.5 Å². The van der Waals surface area contributed by atoms with Gasteiger partial charge in [0.2, 0.25) is 0 Å². The molecule has 2 nitrogen and oxygen atoms in total. The molecular weight excluding hydrogens is 463 g/mol. The van der Waals surface area contributed by atoms with Crippen molar-refractivity contribution in [2.24, 2.45) is 0 Å². The molecule has 0 bridgehead atoms. The van der Waals surface area contributed by atoms with E-state index in [4.69, 9.17) is 9.47 Å². The van der Waals surface area contributed by atoms with Crippen molar-refractivity contribution in [2.45, 2.75) is 6.92 Å². The van der Waals surface area contributed by atoms with Crippen molar-refractivity contribution in [1.82, 2.24) is 0 Å². The second-order valence-corrected chi connectivity index (χ2v) is 10.1. The first-order valence-corrected chi connectivity index (χ1v) is 13.1. The van der Waals surface area contributed by atoms with Gasteiger partial charge in [0.15, 0.2) is 0 Å². The second-order valence-electron chi connectivity index (χ2n) is 10.1. The molecule has 6 aromatic carbocycles. The first-order valence-electron chi connectivity index (χ1n) is 13.1. The van der Waals surface area contributed by atoms with Gasteiger partial charge < -0.3 is 9.47 Å². The van der Waals surface area contributed by atoms with E-state index >= 15 is 0 Å². The molecule has 6 aromatic rings. The molecule has 0 saturated carbocycles. The highest BCUT2D eigenvalue weighted by molar-refractivity contribution is 6.98. The Kier molecular flexibility index (Phi) is 4.56. The number of ether oxygens (including phenoxy) is 2. The average molecular weight is 486 g/mol. The summed E-state index contributed by atoms with van der Waals surface area (Å²) < 4.78 is 13.1. The molecule has 0 N–H and O–H groups in total. The van der Waals surface area contributed by atoms with Gasteiger partial charge in [0.25, 0.3) is 6.71 Å². The summed E-state index contributed by atoms with van der Waals surface area (Å²) in [6.45, 7) is 2.26. The normalized spacial score (nSPS) is 12.7. The van der Waals surface area contributed by atoms with Crippen LogP contribution in [0.15, 0.2) is 121 Å². The van der Waals surface area contributed by atoms with E-state index in [1.165, 1.54) is 44.0 Å². The number of benzene rings is 6. The minimum atomic E-state index is 0.0872. The van der Waals surface area contributed by atoms with Gasteiger partial charge in [0.1, 0.15) is 23.0 Å². The van der Waals surface area contributed by atoms with E-state index in [2.05, 4.69) is 116 Å². The van der Waals surface area contributed by atoms with E-state index in [1.807, 2.05) is 12.1 Å². The number of aryl methyl sites for hydroxylation is 1. The first kappa shape index (κ1) is 21.3. The van der Waals surface area contributed by atoms with Crippen molar-refractivity contribution in [3.63, 3.8) is 0 Å². The van der Waals surface area contributed by atoms with Crippen LogP contribution in [0.25, 0.3) is 33.0 Å². The Balaban J connectivity index is 1.36. The largest absolute Gasteiger partial charge is 0.458 e. The SMILES string of the molecule is Cc1ccccc1-c1ccc(-c2cc3c4c(c2)Oc2ccccc2B4c2ccccc2O3)c2ccccc12. The predicted molar refractivity (Wildman–Crippen MR) is 157 cm³/mol. The van der Waals surface area contributed by atoms with Crippen LogP contribution in [0.3, 0.4) is 0 Å². The average Bonchev–Trinajstić information content (AvgIpc) is 2.96. The first-order chi connectivity index (χ1) is 18.8. The molecule has 178 valence electrons. The molecule has 3 heteroatoms. The number of hydrogen-bond donors (Lipinski definition) is 0. The van der Waals surface area contributed by atoms with Gasteiger partial charge in [-0.05, 0) is 80.7 Å². The van der Waals surface area contributed by atoms with Gasteiger partial charge in [-0.25, -0.2) is 0 Å². The van der Waals surface area contributed by atoms with Crippen LogP contribution < -0.4 is 25.9 Å². The third-order valence-corrected chi connectivity index (χ3v) is 7.96. The fraction of sp³-hybridized carbons (Fsp3) is 0.0286. The predicted octanol–water partition coefficient (Wildman–Crippen LogP) is 7.21. The van der Waals surface area contributed by atoms with Crippen LogP contribution in [0.2, 0.25) is 0 Å². The van der Waals surface area contributed by atoms with Crippen LogP contribution >= 0.6 is 0 Å².